The standard InChI is InChI=1S/C17H17N3O3S2/c1-9-12(13-7-11(23-4)5-6-14(13)19(9)3)8-15-16(22)20(17(24)25-15)18-10(2)21/h5-8H,1-4H3,(H,18,21)/b15-8-. The Labute approximate surface area is 154 Å². The van der Waals surface area contributed by atoms with Crippen LogP contribution in [0.2, 0.25) is 0 Å². The summed E-state index contributed by atoms with van der Waals surface area (Å²) in [5.74, 6) is 0.0756. The number of hydrazine groups is 1. The molecule has 1 aliphatic rings. The molecule has 130 valence electrons. The van der Waals surface area contributed by atoms with E-state index in [9.17, 15) is 9.59 Å². The molecule has 0 bridgehead atoms. The van der Waals surface area contributed by atoms with Gasteiger partial charge in [-0.05, 0) is 43.4 Å². The smallest absolute Gasteiger partial charge is 0.285 e. The predicted octanol–water partition coefficient (Wildman–Crippen LogP) is 2.75. The first kappa shape index (κ1) is 17.5. The molecule has 0 spiro atoms. The normalized spacial score (nSPS) is 16.2. The van der Waals surface area contributed by atoms with Gasteiger partial charge in [0.05, 0.1) is 12.0 Å². The Hall–Kier alpha value is -2.32. The molecule has 1 N–H and O–H groups in total. The molecule has 0 unspecified atom stereocenters. The number of thioether (sulfide) groups is 1. The van der Waals surface area contributed by atoms with Crippen molar-refractivity contribution in [2.24, 2.45) is 7.05 Å². The molecule has 6 nitrogen and oxygen atoms in total. The van der Waals surface area contributed by atoms with Crippen molar-refractivity contribution in [1.82, 2.24) is 15.0 Å². The van der Waals surface area contributed by atoms with Gasteiger partial charge in [0.15, 0.2) is 4.32 Å². The van der Waals surface area contributed by atoms with Crippen molar-refractivity contribution in [3.05, 3.63) is 34.4 Å². The van der Waals surface area contributed by atoms with E-state index in [0.29, 0.717) is 9.23 Å². The Bertz CT molecular complexity index is 946. The van der Waals surface area contributed by atoms with Gasteiger partial charge >= 0.3 is 0 Å². The Morgan fingerprint density at radius 1 is 1.40 bits per heavy atom. The van der Waals surface area contributed by atoms with Crippen molar-refractivity contribution in [1.29, 1.82) is 0 Å². The number of ether oxygens (including phenoxy) is 1. The first-order valence-corrected chi connectivity index (χ1v) is 8.74. The third kappa shape index (κ3) is 3.03. The Balaban J connectivity index is 2.10. The number of carbonyl (C=O) groups is 2. The van der Waals surface area contributed by atoms with Crippen LogP contribution in [0.3, 0.4) is 0 Å². The highest BCUT2D eigenvalue weighted by Gasteiger charge is 2.33. The summed E-state index contributed by atoms with van der Waals surface area (Å²) in [6, 6.07) is 5.84. The van der Waals surface area contributed by atoms with E-state index in [1.165, 1.54) is 18.7 Å². The number of thiocarbonyl (C=S) groups is 1. The van der Waals surface area contributed by atoms with Gasteiger partial charge < -0.3 is 9.30 Å². The SMILES string of the molecule is COc1ccc2c(c1)c(/C=C1\SC(=S)N(NC(C)=O)C1=O)c(C)n2C. The van der Waals surface area contributed by atoms with Crippen molar-refractivity contribution >= 4 is 57.1 Å². The lowest BCUT2D eigenvalue weighted by atomic mass is 10.1. The molecule has 2 amide bonds. The molecular weight excluding hydrogens is 358 g/mol. The maximum Gasteiger partial charge on any atom is 0.285 e. The van der Waals surface area contributed by atoms with Gasteiger partial charge in [-0.1, -0.05) is 11.8 Å². The molecule has 1 aromatic carbocycles. The number of aryl methyl sites for hydroxylation is 1. The highest BCUT2D eigenvalue weighted by Crippen LogP contribution is 2.35. The zero-order chi connectivity index (χ0) is 18.3. The molecule has 1 fully saturated rings. The number of amides is 2. The van der Waals surface area contributed by atoms with Crippen LogP contribution in [-0.4, -0.2) is 32.8 Å². The number of fused-ring (bicyclic) bond motifs is 1. The van der Waals surface area contributed by atoms with Crippen LogP contribution in [0.25, 0.3) is 17.0 Å². The van der Waals surface area contributed by atoms with E-state index in [1.54, 1.807) is 7.11 Å². The van der Waals surface area contributed by atoms with Crippen molar-refractivity contribution in [3.8, 4) is 5.75 Å². The van der Waals surface area contributed by atoms with E-state index in [-0.39, 0.29) is 11.8 Å². The average Bonchev–Trinajstić information content (AvgIpc) is 2.97. The Morgan fingerprint density at radius 2 is 2.12 bits per heavy atom. The van der Waals surface area contributed by atoms with E-state index in [2.05, 4.69) is 9.99 Å². The van der Waals surface area contributed by atoms with Crippen LogP contribution in [0.4, 0.5) is 0 Å². The highest BCUT2D eigenvalue weighted by atomic mass is 32.2. The second-order valence-electron chi connectivity index (χ2n) is 5.63. The summed E-state index contributed by atoms with van der Waals surface area (Å²) in [7, 11) is 3.60. The van der Waals surface area contributed by atoms with Crippen LogP contribution in [0, 0.1) is 6.92 Å². The fourth-order valence-corrected chi connectivity index (χ4v) is 3.90. The molecule has 0 atom stereocenters. The zero-order valence-corrected chi connectivity index (χ0v) is 15.9. The second-order valence-corrected chi connectivity index (χ2v) is 7.30. The van der Waals surface area contributed by atoms with Gasteiger partial charge in [-0.25, -0.2) is 0 Å². The van der Waals surface area contributed by atoms with E-state index >= 15 is 0 Å². The summed E-state index contributed by atoms with van der Waals surface area (Å²) in [5.41, 5.74) is 5.44. The van der Waals surface area contributed by atoms with Crippen LogP contribution in [0.5, 0.6) is 5.75 Å². The number of methoxy groups -OCH3 is 1. The van der Waals surface area contributed by atoms with E-state index in [1.807, 2.05) is 38.2 Å². The monoisotopic (exact) mass is 375 g/mol. The third-order valence-corrected chi connectivity index (χ3v) is 5.39. The van der Waals surface area contributed by atoms with Gasteiger partial charge in [-0.15, -0.1) is 0 Å². The minimum Gasteiger partial charge on any atom is -0.497 e. The molecule has 1 aromatic heterocycles. The number of rotatable bonds is 3. The van der Waals surface area contributed by atoms with Gasteiger partial charge in [0.25, 0.3) is 5.91 Å². The molecule has 0 aliphatic carbocycles. The number of aromatic nitrogens is 1. The Morgan fingerprint density at radius 3 is 2.76 bits per heavy atom. The number of benzene rings is 1. The molecule has 0 saturated carbocycles. The topological polar surface area (TPSA) is 63.6 Å². The van der Waals surface area contributed by atoms with Crippen molar-refractivity contribution in [2.75, 3.05) is 7.11 Å². The van der Waals surface area contributed by atoms with Crippen molar-refractivity contribution in [2.45, 2.75) is 13.8 Å². The van der Waals surface area contributed by atoms with Gasteiger partial charge in [0.1, 0.15) is 5.75 Å². The highest BCUT2D eigenvalue weighted by molar-refractivity contribution is 8.26. The van der Waals surface area contributed by atoms with Crippen LogP contribution >= 0.6 is 24.0 Å². The molecule has 0 radical (unpaired) electrons. The third-order valence-electron chi connectivity index (χ3n) is 4.09. The fraction of sp³-hybridized carbons (Fsp3) is 0.235. The molecule has 25 heavy (non-hydrogen) atoms. The number of nitrogens with zero attached hydrogens (tertiary/aromatic N) is 2. The molecule has 1 saturated heterocycles. The van der Waals surface area contributed by atoms with Crippen LogP contribution in [0.1, 0.15) is 18.2 Å². The summed E-state index contributed by atoms with van der Waals surface area (Å²) in [6.45, 7) is 3.33. The molecular formula is C17H17N3O3S2. The van der Waals surface area contributed by atoms with Gasteiger partial charge in [-0.3, -0.25) is 15.0 Å². The van der Waals surface area contributed by atoms with Crippen molar-refractivity contribution in [3.63, 3.8) is 0 Å². The molecule has 1 aliphatic heterocycles. The van der Waals surface area contributed by atoms with Crippen LogP contribution in [-0.2, 0) is 16.6 Å². The lowest BCUT2D eigenvalue weighted by Gasteiger charge is -2.13. The van der Waals surface area contributed by atoms with Gasteiger partial charge in [0, 0.05) is 36.1 Å². The maximum absolute atomic E-state index is 12.5. The Kier molecular flexibility index (Phi) is 4.57. The summed E-state index contributed by atoms with van der Waals surface area (Å²) < 4.78 is 7.69. The predicted molar refractivity (Wildman–Crippen MR) is 103 cm³/mol. The summed E-state index contributed by atoms with van der Waals surface area (Å²) in [5, 5.41) is 2.10. The largest absolute Gasteiger partial charge is 0.497 e. The average molecular weight is 375 g/mol. The number of nitrogens with one attached hydrogen (secondary N) is 1. The molecule has 3 rings (SSSR count). The molecule has 2 aromatic rings. The second kappa shape index (κ2) is 6.53. The van der Waals surface area contributed by atoms with Crippen LogP contribution in [0.15, 0.2) is 23.1 Å². The summed E-state index contributed by atoms with van der Waals surface area (Å²) in [6.07, 6.45) is 1.82. The van der Waals surface area contributed by atoms with E-state index in [0.717, 1.165) is 32.9 Å². The maximum atomic E-state index is 12.5. The van der Waals surface area contributed by atoms with Gasteiger partial charge in [0.2, 0.25) is 5.91 Å². The summed E-state index contributed by atoms with van der Waals surface area (Å²) in [4.78, 5) is 24.3. The first-order chi connectivity index (χ1) is 11.8. The molecule has 8 heteroatoms. The fourth-order valence-electron chi connectivity index (χ4n) is 2.74. The zero-order valence-electron chi connectivity index (χ0n) is 14.2. The lowest BCUT2D eigenvalue weighted by molar-refractivity contribution is -0.131. The minimum absolute atomic E-state index is 0.307. The number of hydrogen-bond donors (Lipinski definition) is 1. The van der Waals surface area contributed by atoms with Gasteiger partial charge in [-0.2, -0.15) is 5.01 Å². The number of hydrogen-bond acceptors (Lipinski definition) is 5. The van der Waals surface area contributed by atoms with Crippen LogP contribution < -0.4 is 10.2 Å². The van der Waals surface area contributed by atoms with E-state index in [4.69, 9.17) is 17.0 Å². The molecule has 2 heterocycles. The summed E-state index contributed by atoms with van der Waals surface area (Å²) >= 11 is 6.36. The minimum atomic E-state index is -0.344. The number of carbonyl (C=O) groups excluding carboxylic acids is 2. The van der Waals surface area contributed by atoms with E-state index < -0.39 is 0 Å². The van der Waals surface area contributed by atoms with Crippen molar-refractivity contribution < 1.29 is 14.3 Å². The first-order valence-electron chi connectivity index (χ1n) is 7.51. The quantitative estimate of drug-likeness (QED) is 0.660. The lowest BCUT2D eigenvalue weighted by Crippen LogP contribution is -2.43.